The topological polar surface area (TPSA) is 49.6 Å². The second kappa shape index (κ2) is 6.71. The minimum atomic E-state index is -0.354. The van der Waals surface area contributed by atoms with Gasteiger partial charge in [-0.1, -0.05) is 6.42 Å². The number of hydrogen-bond acceptors (Lipinski definition) is 3. The number of carbonyl (C=O) groups is 1. The Morgan fingerprint density at radius 1 is 1.26 bits per heavy atom. The van der Waals surface area contributed by atoms with E-state index in [9.17, 15) is 4.79 Å². The number of nitrogens with zero attached hydrogens (tertiary/aromatic N) is 2. The predicted octanol–water partition coefficient (Wildman–Crippen LogP) is 1.45. The quantitative estimate of drug-likeness (QED) is 0.842. The van der Waals surface area contributed by atoms with E-state index in [1.54, 1.807) is 6.92 Å². The van der Waals surface area contributed by atoms with Gasteiger partial charge in [-0.05, 0) is 52.0 Å². The third kappa shape index (κ3) is 3.93. The molecule has 19 heavy (non-hydrogen) atoms. The molecule has 2 aliphatic rings. The molecule has 0 aliphatic carbocycles. The lowest BCUT2D eigenvalue weighted by atomic mass is 9.94. The zero-order valence-corrected chi connectivity index (χ0v) is 12.5. The second-order valence-electron chi connectivity index (χ2n) is 6.42. The van der Waals surface area contributed by atoms with Crippen LogP contribution in [-0.4, -0.2) is 54.0 Å². The smallest absolute Gasteiger partial charge is 0.239 e. The van der Waals surface area contributed by atoms with E-state index in [2.05, 4.69) is 11.8 Å². The third-order valence-corrected chi connectivity index (χ3v) is 4.65. The first-order valence-electron chi connectivity index (χ1n) is 7.86. The summed E-state index contributed by atoms with van der Waals surface area (Å²) in [6.45, 7) is 8.32. The van der Waals surface area contributed by atoms with Crippen molar-refractivity contribution in [3.05, 3.63) is 0 Å². The summed E-state index contributed by atoms with van der Waals surface area (Å²) < 4.78 is 0. The molecule has 2 N–H and O–H groups in total. The lowest BCUT2D eigenvalue weighted by molar-refractivity contribution is -0.134. The number of likely N-dealkylation sites (tertiary alicyclic amines) is 2. The van der Waals surface area contributed by atoms with Crippen LogP contribution in [-0.2, 0) is 4.79 Å². The highest BCUT2D eigenvalue weighted by molar-refractivity contribution is 5.81. The van der Waals surface area contributed by atoms with Gasteiger partial charge in [-0.25, -0.2) is 0 Å². The molecule has 3 atom stereocenters. The number of nitrogens with two attached hydrogens (primary N) is 1. The minimum absolute atomic E-state index is 0.122. The van der Waals surface area contributed by atoms with Crippen LogP contribution in [0.15, 0.2) is 0 Å². The van der Waals surface area contributed by atoms with Gasteiger partial charge in [0.15, 0.2) is 0 Å². The normalized spacial score (nSPS) is 31.2. The van der Waals surface area contributed by atoms with Crippen LogP contribution < -0.4 is 5.73 Å². The summed E-state index contributed by atoms with van der Waals surface area (Å²) >= 11 is 0. The summed E-state index contributed by atoms with van der Waals surface area (Å²) in [5.74, 6) is 0.758. The highest BCUT2D eigenvalue weighted by Gasteiger charge is 2.28. The number of hydrogen-bond donors (Lipinski definition) is 1. The molecule has 2 unspecified atom stereocenters. The van der Waals surface area contributed by atoms with E-state index in [-0.39, 0.29) is 11.9 Å². The van der Waals surface area contributed by atoms with Crippen LogP contribution in [0.3, 0.4) is 0 Å². The molecule has 0 spiro atoms. The van der Waals surface area contributed by atoms with Crippen LogP contribution in [0.4, 0.5) is 0 Å². The van der Waals surface area contributed by atoms with Crippen LogP contribution in [0.1, 0.15) is 46.0 Å². The largest absolute Gasteiger partial charge is 0.341 e. The average Bonchev–Trinajstić information content (AvgIpc) is 2.41. The van der Waals surface area contributed by atoms with Gasteiger partial charge in [0.05, 0.1) is 6.04 Å². The lowest BCUT2D eigenvalue weighted by Gasteiger charge is -2.40. The van der Waals surface area contributed by atoms with Crippen LogP contribution in [0.5, 0.6) is 0 Å². The molecule has 2 aliphatic heterocycles. The van der Waals surface area contributed by atoms with Crippen molar-refractivity contribution in [1.29, 1.82) is 0 Å². The van der Waals surface area contributed by atoms with Crippen molar-refractivity contribution in [1.82, 2.24) is 9.80 Å². The fourth-order valence-corrected chi connectivity index (χ4v) is 3.46. The van der Waals surface area contributed by atoms with Gasteiger partial charge in [-0.2, -0.15) is 0 Å². The summed E-state index contributed by atoms with van der Waals surface area (Å²) in [7, 11) is 0. The van der Waals surface area contributed by atoms with E-state index in [1.807, 2.05) is 4.90 Å². The van der Waals surface area contributed by atoms with Gasteiger partial charge >= 0.3 is 0 Å². The molecular formula is C15H29N3O. The Hall–Kier alpha value is -0.610. The van der Waals surface area contributed by atoms with Crippen molar-refractivity contribution < 1.29 is 4.79 Å². The van der Waals surface area contributed by atoms with Crippen molar-refractivity contribution in [2.45, 2.75) is 58.0 Å². The number of carbonyl (C=O) groups excluding carboxylic acids is 1. The molecule has 2 saturated heterocycles. The Balaban J connectivity index is 1.85. The van der Waals surface area contributed by atoms with Gasteiger partial charge in [0.25, 0.3) is 0 Å². The lowest BCUT2D eigenvalue weighted by Crippen LogP contribution is -2.50. The molecule has 0 saturated carbocycles. The number of piperidine rings is 2. The molecule has 0 radical (unpaired) electrons. The van der Waals surface area contributed by atoms with Crippen LogP contribution in [0.2, 0.25) is 0 Å². The van der Waals surface area contributed by atoms with Crippen LogP contribution in [0.25, 0.3) is 0 Å². The Morgan fingerprint density at radius 3 is 2.74 bits per heavy atom. The molecule has 2 fully saturated rings. The first kappa shape index (κ1) is 14.8. The first-order valence-corrected chi connectivity index (χ1v) is 7.86. The number of rotatable bonds is 3. The Kier molecular flexibility index (Phi) is 5.22. The third-order valence-electron chi connectivity index (χ3n) is 4.65. The Labute approximate surface area is 117 Å². The van der Waals surface area contributed by atoms with Gasteiger partial charge < -0.3 is 15.5 Å². The van der Waals surface area contributed by atoms with Gasteiger partial charge in [0, 0.05) is 25.7 Å². The van der Waals surface area contributed by atoms with Gasteiger partial charge in [0.2, 0.25) is 5.91 Å². The number of amides is 1. The molecule has 0 aromatic carbocycles. The maximum Gasteiger partial charge on any atom is 0.239 e. The fraction of sp³-hybridized carbons (Fsp3) is 0.933. The Bertz CT molecular complexity index is 306. The van der Waals surface area contributed by atoms with Crippen molar-refractivity contribution in [3.8, 4) is 0 Å². The van der Waals surface area contributed by atoms with Crippen molar-refractivity contribution in [3.63, 3.8) is 0 Å². The maximum absolute atomic E-state index is 12.0. The van der Waals surface area contributed by atoms with Crippen molar-refractivity contribution >= 4 is 5.91 Å². The molecule has 2 rings (SSSR count). The SMILES string of the molecule is CC1CCCCN1CC1CCCN(C(=O)[C@@H](C)N)C1. The van der Waals surface area contributed by atoms with Gasteiger partial charge in [0.1, 0.15) is 0 Å². The maximum atomic E-state index is 12.0. The molecule has 2 heterocycles. The highest BCUT2D eigenvalue weighted by atomic mass is 16.2. The first-order chi connectivity index (χ1) is 9.08. The zero-order valence-electron chi connectivity index (χ0n) is 12.5. The molecule has 0 aromatic rings. The van der Waals surface area contributed by atoms with Gasteiger partial charge in [-0.3, -0.25) is 4.79 Å². The molecular weight excluding hydrogens is 238 g/mol. The average molecular weight is 267 g/mol. The zero-order chi connectivity index (χ0) is 13.8. The van der Waals surface area contributed by atoms with Crippen molar-refractivity contribution in [2.75, 3.05) is 26.2 Å². The monoisotopic (exact) mass is 267 g/mol. The second-order valence-corrected chi connectivity index (χ2v) is 6.42. The molecule has 0 aromatic heterocycles. The summed E-state index contributed by atoms with van der Waals surface area (Å²) in [4.78, 5) is 16.6. The van der Waals surface area contributed by atoms with E-state index in [0.717, 1.165) is 26.1 Å². The summed E-state index contributed by atoms with van der Waals surface area (Å²) in [5.41, 5.74) is 5.72. The molecule has 4 heteroatoms. The van der Waals surface area contributed by atoms with Crippen LogP contribution in [0, 0.1) is 5.92 Å². The minimum Gasteiger partial charge on any atom is -0.341 e. The fourth-order valence-electron chi connectivity index (χ4n) is 3.46. The summed E-state index contributed by atoms with van der Waals surface area (Å²) in [6, 6.07) is 0.362. The van der Waals surface area contributed by atoms with E-state index < -0.39 is 0 Å². The van der Waals surface area contributed by atoms with E-state index in [1.165, 1.54) is 32.2 Å². The van der Waals surface area contributed by atoms with Crippen molar-refractivity contribution in [2.24, 2.45) is 11.7 Å². The molecule has 0 bridgehead atoms. The van der Waals surface area contributed by atoms with Gasteiger partial charge in [-0.15, -0.1) is 0 Å². The van der Waals surface area contributed by atoms with Crippen LogP contribution >= 0.6 is 0 Å². The molecule has 110 valence electrons. The van der Waals surface area contributed by atoms with E-state index >= 15 is 0 Å². The molecule has 1 amide bonds. The highest BCUT2D eigenvalue weighted by Crippen LogP contribution is 2.23. The van der Waals surface area contributed by atoms with E-state index in [0.29, 0.717) is 12.0 Å². The summed E-state index contributed by atoms with van der Waals surface area (Å²) in [6.07, 6.45) is 6.42. The summed E-state index contributed by atoms with van der Waals surface area (Å²) in [5, 5.41) is 0. The molecule has 4 nitrogen and oxygen atoms in total. The van der Waals surface area contributed by atoms with E-state index in [4.69, 9.17) is 5.73 Å². The Morgan fingerprint density at radius 2 is 2.05 bits per heavy atom. The predicted molar refractivity (Wildman–Crippen MR) is 77.8 cm³/mol. The standard InChI is InChI=1S/C15H29N3O/c1-12-6-3-4-8-17(12)10-14-7-5-9-18(11-14)15(19)13(2)16/h12-14H,3-11,16H2,1-2H3/t12?,13-,14?/m1/s1.